The van der Waals surface area contributed by atoms with Gasteiger partial charge in [0.15, 0.2) is 0 Å². The molecule has 0 saturated heterocycles. The highest BCUT2D eigenvalue weighted by Gasteiger charge is 2.32. The van der Waals surface area contributed by atoms with Crippen molar-refractivity contribution in [2.75, 3.05) is 0 Å². The molecule has 0 saturated carbocycles. The van der Waals surface area contributed by atoms with Crippen LogP contribution in [0, 0.1) is 0 Å². The topological polar surface area (TPSA) is 67.4 Å². The molecule has 2 N–H and O–H groups in total. The molecule has 128 valence electrons. The number of ether oxygens (including phenoxy) is 1. The van der Waals surface area contributed by atoms with Crippen LogP contribution in [0.3, 0.4) is 0 Å². The summed E-state index contributed by atoms with van der Waals surface area (Å²) < 4.78 is 5.43. The quantitative estimate of drug-likeness (QED) is 0.820. The van der Waals surface area contributed by atoms with Crippen molar-refractivity contribution in [2.24, 2.45) is 0 Å². The van der Waals surface area contributed by atoms with Crippen molar-refractivity contribution in [1.82, 2.24) is 10.6 Å². The Morgan fingerprint density at radius 3 is 2.52 bits per heavy atom. The van der Waals surface area contributed by atoms with E-state index in [2.05, 4.69) is 10.6 Å². The van der Waals surface area contributed by atoms with E-state index in [0.29, 0.717) is 16.3 Å². The first-order valence-electron chi connectivity index (χ1n) is 7.80. The van der Waals surface area contributed by atoms with Gasteiger partial charge in [0.2, 0.25) is 0 Å². The van der Waals surface area contributed by atoms with Crippen molar-refractivity contribution in [1.29, 1.82) is 0 Å². The first kappa shape index (κ1) is 17.0. The van der Waals surface area contributed by atoms with Crippen molar-refractivity contribution in [2.45, 2.75) is 19.6 Å². The van der Waals surface area contributed by atoms with Crippen molar-refractivity contribution in [3.05, 3.63) is 82.0 Å². The summed E-state index contributed by atoms with van der Waals surface area (Å²) >= 11 is 6.09. The zero-order chi connectivity index (χ0) is 17.8. The highest BCUT2D eigenvalue weighted by Crippen LogP contribution is 2.28. The minimum Gasteiger partial charge on any atom is -0.457 e. The van der Waals surface area contributed by atoms with Crippen LogP contribution in [0.2, 0.25) is 5.02 Å². The maximum atomic E-state index is 12.7. The summed E-state index contributed by atoms with van der Waals surface area (Å²) in [5.41, 5.74) is 2.38. The third-order valence-electron chi connectivity index (χ3n) is 3.94. The SMILES string of the molecule is CC1=C(C(=O)OCc2ccccc2Cl)C(c2ccccc2)NC(=O)N1. The fraction of sp³-hybridized carbons (Fsp3) is 0.158. The van der Waals surface area contributed by atoms with Crippen LogP contribution < -0.4 is 10.6 Å². The molecule has 2 aromatic carbocycles. The summed E-state index contributed by atoms with van der Waals surface area (Å²) in [6, 6.07) is 15.5. The number of amides is 2. The number of urea groups is 1. The number of allylic oxidation sites excluding steroid dienone is 1. The lowest BCUT2D eigenvalue weighted by atomic mass is 9.96. The van der Waals surface area contributed by atoms with Crippen LogP contribution in [-0.4, -0.2) is 12.0 Å². The van der Waals surface area contributed by atoms with Gasteiger partial charge in [-0.15, -0.1) is 0 Å². The molecule has 1 atom stereocenters. The normalized spacial score (nSPS) is 16.9. The first-order valence-corrected chi connectivity index (χ1v) is 8.18. The lowest BCUT2D eigenvalue weighted by Gasteiger charge is -2.28. The first-order chi connectivity index (χ1) is 12.1. The Hall–Kier alpha value is -2.79. The molecule has 5 nitrogen and oxygen atoms in total. The van der Waals surface area contributed by atoms with Crippen LogP contribution in [0.4, 0.5) is 4.79 Å². The summed E-state index contributed by atoms with van der Waals surface area (Å²) in [7, 11) is 0. The largest absolute Gasteiger partial charge is 0.457 e. The van der Waals surface area contributed by atoms with Crippen molar-refractivity contribution in [3.8, 4) is 0 Å². The summed E-state index contributed by atoms with van der Waals surface area (Å²) in [5.74, 6) is -0.501. The van der Waals surface area contributed by atoms with Crippen LogP contribution in [0.25, 0.3) is 0 Å². The number of rotatable bonds is 4. The predicted molar refractivity (Wildman–Crippen MR) is 94.8 cm³/mol. The van der Waals surface area contributed by atoms with Gasteiger partial charge >= 0.3 is 12.0 Å². The summed E-state index contributed by atoms with van der Waals surface area (Å²) in [4.78, 5) is 24.5. The highest BCUT2D eigenvalue weighted by molar-refractivity contribution is 6.31. The smallest absolute Gasteiger partial charge is 0.338 e. The Morgan fingerprint density at radius 1 is 1.12 bits per heavy atom. The highest BCUT2D eigenvalue weighted by atomic mass is 35.5. The van der Waals surface area contributed by atoms with Crippen molar-refractivity contribution in [3.63, 3.8) is 0 Å². The van der Waals surface area contributed by atoms with Crippen LogP contribution in [0.15, 0.2) is 65.9 Å². The minimum absolute atomic E-state index is 0.0603. The van der Waals surface area contributed by atoms with E-state index in [1.165, 1.54) is 0 Å². The van der Waals surface area contributed by atoms with E-state index < -0.39 is 12.0 Å². The molecule has 3 rings (SSSR count). The Bertz CT molecular complexity index is 834. The molecule has 0 bridgehead atoms. The molecule has 0 radical (unpaired) electrons. The van der Waals surface area contributed by atoms with Gasteiger partial charge < -0.3 is 15.4 Å². The molecule has 0 fully saturated rings. The Kier molecular flexibility index (Phi) is 5.05. The number of nitrogens with one attached hydrogen (secondary N) is 2. The molecule has 1 unspecified atom stereocenters. The average Bonchev–Trinajstić information content (AvgIpc) is 2.61. The fourth-order valence-electron chi connectivity index (χ4n) is 2.70. The van der Waals surface area contributed by atoms with Gasteiger partial charge in [0.25, 0.3) is 0 Å². The summed E-state index contributed by atoms with van der Waals surface area (Å²) in [6.45, 7) is 1.74. The second-order valence-electron chi connectivity index (χ2n) is 5.65. The van der Waals surface area contributed by atoms with Gasteiger partial charge in [-0.2, -0.15) is 0 Å². The molecule has 25 heavy (non-hydrogen) atoms. The third-order valence-corrected chi connectivity index (χ3v) is 4.31. The molecule has 1 heterocycles. The third kappa shape index (κ3) is 3.83. The number of benzene rings is 2. The number of carbonyl (C=O) groups excluding carboxylic acids is 2. The molecule has 6 heteroatoms. The van der Waals surface area contributed by atoms with Gasteiger partial charge in [-0.1, -0.05) is 60.1 Å². The van der Waals surface area contributed by atoms with Gasteiger partial charge in [-0.3, -0.25) is 0 Å². The second-order valence-corrected chi connectivity index (χ2v) is 6.06. The standard InChI is InChI=1S/C19H17ClN2O3/c1-12-16(18(23)25-11-14-9-5-6-10-15(14)20)17(22-19(24)21-12)13-7-3-2-4-8-13/h2-10,17H,11H2,1H3,(H2,21,22,24). The zero-order valence-electron chi connectivity index (χ0n) is 13.6. The Labute approximate surface area is 150 Å². The van der Waals surface area contributed by atoms with E-state index in [4.69, 9.17) is 16.3 Å². The second kappa shape index (κ2) is 7.40. The maximum absolute atomic E-state index is 12.7. The minimum atomic E-state index is -0.561. The summed E-state index contributed by atoms with van der Waals surface area (Å²) in [6.07, 6.45) is 0. The van der Waals surface area contributed by atoms with E-state index in [0.717, 1.165) is 11.1 Å². The molecule has 0 spiro atoms. The molecule has 0 aromatic heterocycles. The number of halogens is 1. The Balaban J connectivity index is 1.84. The number of carbonyl (C=O) groups is 2. The van der Waals surface area contributed by atoms with Gasteiger partial charge in [0, 0.05) is 16.3 Å². The van der Waals surface area contributed by atoms with Gasteiger partial charge in [-0.05, 0) is 18.6 Å². The molecule has 0 aliphatic carbocycles. The molecular formula is C19H17ClN2O3. The lowest BCUT2D eigenvalue weighted by molar-refractivity contribution is -0.140. The maximum Gasteiger partial charge on any atom is 0.338 e. The fourth-order valence-corrected chi connectivity index (χ4v) is 2.89. The summed E-state index contributed by atoms with van der Waals surface area (Å²) in [5, 5.41) is 5.93. The van der Waals surface area contributed by atoms with E-state index in [9.17, 15) is 9.59 Å². The Morgan fingerprint density at radius 2 is 1.80 bits per heavy atom. The number of hydrogen-bond acceptors (Lipinski definition) is 3. The van der Waals surface area contributed by atoms with Crippen LogP contribution in [0.5, 0.6) is 0 Å². The van der Waals surface area contributed by atoms with Gasteiger partial charge in [0.05, 0.1) is 11.6 Å². The average molecular weight is 357 g/mol. The van der Waals surface area contributed by atoms with E-state index in [1.807, 2.05) is 42.5 Å². The molecular weight excluding hydrogens is 340 g/mol. The van der Waals surface area contributed by atoms with Gasteiger partial charge in [-0.25, -0.2) is 9.59 Å². The zero-order valence-corrected chi connectivity index (χ0v) is 14.3. The molecule has 2 amide bonds. The molecule has 1 aliphatic rings. The van der Waals surface area contributed by atoms with Crippen molar-refractivity contribution >= 4 is 23.6 Å². The monoisotopic (exact) mass is 356 g/mol. The van der Waals surface area contributed by atoms with E-state index in [1.54, 1.807) is 19.1 Å². The lowest BCUT2D eigenvalue weighted by Crippen LogP contribution is -2.45. The molecule has 1 aliphatic heterocycles. The molecule has 2 aromatic rings. The van der Waals surface area contributed by atoms with E-state index >= 15 is 0 Å². The van der Waals surface area contributed by atoms with Crippen molar-refractivity contribution < 1.29 is 14.3 Å². The van der Waals surface area contributed by atoms with Crippen LogP contribution in [-0.2, 0) is 16.1 Å². The van der Waals surface area contributed by atoms with E-state index in [-0.39, 0.29) is 12.6 Å². The van der Waals surface area contributed by atoms with Crippen LogP contribution >= 0.6 is 11.6 Å². The number of esters is 1. The predicted octanol–water partition coefficient (Wildman–Crippen LogP) is 3.71. The van der Waals surface area contributed by atoms with Crippen LogP contribution in [0.1, 0.15) is 24.1 Å². The van der Waals surface area contributed by atoms with Gasteiger partial charge in [0.1, 0.15) is 6.61 Å². The number of hydrogen-bond donors (Lipinski definition) is 2.